The van der Waals surface area contributed by atoms with Crippen molar-refractivity contribution in [2.75, 3.05) is 0 Å². The Hall–Kier alpha value is 0. The molecule has 0 N–H and O–H groups in total. The first kappa shape index (κ1) is 31.7. The van der Waals surface area contributed by atoms with Gasteiger partial charge in [0.15, 0.2) is 0 Å². The van der Waals surface area contributed by atoms with Gasteiger partial charge in [-0.2, -0.15) is 0 Å². The van der Waals surface area contributed by atoms with Crippen LogP contribution in [-0.2, 0) is 0 Å². The average Bonchev–Trinajstić information content (AvgIpc) is 2.71. The molecule has 0 aromatic carbocycles. The summed E-state index contributed by atoms with van der Waals surface area (Å²) in [7, 11) is 0. The maximum absolute atomic E-state index is 2.45. The fraction of sp³-hybridized carbons (Fsp3) is 1.00. The van der Waals surface area contributed by atoms with Crippen molar-refractivity contribution < 1.29 is 0 Å². The van der Waals surface area contributed by atoms with Crippen LogP contribution in [0.2, 0.25) is 0 Å². The van der Waals surface area contributed by atoms with E-state index >= 15 is 0 Å². The van der Waals surface area contributed by atoms with Crippen LogP contribution in [-0.4, -0.2) is 0 Å². The molecule has 0 saturated heterocycles. The Morgan fingerprint density at radius 1 is 0.593 bits per heavy atom. The first-order valence-corrected chi connectivity index (χ1v) is 12.7. The second-order valence-corrected chi connectivity index (χ2v) is 9.09. The van der Waals surface area contributed by atoms with Gasteiger partial charge < -0.3 is 0 Å². The van der Waals surface area contributed by atoms with Crippen LogP contribution in [0, 0.1) is 41.4 Å². The lowest BCUT2D eigenvalue weighted by atomic mass is 9.72. The highest BCUT2D eigenvalue weighted by Gasteiger charge is 2.25. The normalized spacial score (nSPS) is 24.3. The van der Waals surface area contributed by atoms with Crippen LogP contribution in [0.4, 0.5) is 0 Å². The van der Waals surface area contributed by atoms with Gasteiger partial charge in [-0.15, -0.1) is 0 Å². The summed E-state index contributed by atoms with van der Waals surface area (Å²) < 4.78 is 0. The zero-order valence-electron chi connectivity index (χ0n) is 22.0. The number of rotatable bonds is 7. The summed E-state index contributed by atoms with van der Waals surface area (Å²) in [6.07, 6.45) is 9.93. The predicted octanol–water partition coefficient (Wildman–Crippen LogP) is 10.3. The van der Waals surface area contributed by atoms with Crippen LogP contribution in [0.3, 0.4) is 0 Å². The third kappa shape index (κ3) is 15.6. The minimum atomic E-state index is 0.862. The maximum atomic E-state index is 2.45. The Bertz CT molecular complexity index is 251. The Kier molecular flexibility index (Phi) is 24.3. The molecule has 5 unspecified atom stereocenters. The summed E-state index contributed by atoms with van der Waals surface area (Å²) in [5, 5.41) is 0. The molecule has 0 nitrogen and oxygen atoms in total. The maximum Gasteiger partial charge on any atom is -0.0386 e. The topological polar surface area (TPSA) is 0 Å². The molecule has 0 radical (unpaired) electrons. The van der Waals surface area contributed by atoms with Crippen molar-refractivity contribution in [2.45, 2.75) is 135 Å². The van der Waals surface area contributed by atoms with E-state index in [2.05, 4.69) is 62.3 Å². The highest BCUT2D eigenvalue weighted by Crippen LogP contribution is 2.33. The minimum absolute atomic E-state index is 0.862. The third-order valence-corrected chi connectivity index (χ3v) is 7.15. The van der Waals surface area contributed by atoms with Gasteiger partial charge in [0.05, 0.1) is 0 Å². The van der Waals surface area contributed by atoms with E-state index < -0.39 is 0 Å². The van der Waals surface area contributed by atoms with E-state index in [9.17, 15) is 0 Å². The predicted molar refractivity (Wildman–Crippen MR) is 131 cm³/mol. The molecule has 1 fully saturated rings. The van der Waals surface area contributed by atoms with E-state index in [4.69, 9.17) is 0 Å². The molecule has 1 saturated carbocycles. The van der Waals surface area contributed by atoms with Gasteiger partial charge in [-0.1, -0.05) is 135 Å². The Morgan fingerprint density at radius 3 is 1.22 bits per heavy atom. The van der Waals surface area contributed by atoms with Crippen LogP contribution in [0.5, 0.6) is 0 Å². The summed E-state index contributed by atoms with van der Waals surface area (Å²) in [5.41, 5.74) is 0. The lowest BCUT2D eigenvalue weighted by Gasteiger charge is -2.33. The van der Waals surface area contributed by atoms with Crippen molar-refractivity contribution in [1.82, 2.24) is 0 Å². The summed E-state index contributed by atoms with van der Waals surface area (Å²) >= 11 is 0. The van der Waals surface area contributed by atoms with E-state index in [1.54, 1.807) is 0 Å². The molecule has 0 spiro atoms. The van der Waals surface area contributed by atoms with Gasteiger partial charge in [0, 0.05) is 0 Å². The monoisotopic (exact) mass is 384 g/mol. The molecule has 168 valence electrons. The molecular formula is C27H60. The standard InChI is InChI=1S/C15H32.C8H16.2C2H6/c1-8-10-12(4)14(6)15(7)13(5)11(3)9-2;1-7-3-5-8(2)6-4-7;2*1-2/h11-15H,8-10H2,1-7H3;7-8H,3-6H2,1-2H3;2*1-2H3. The smallest absolute Gasteiger partial charge is 0.0386 e. The Morgan fingerprint density at radius 2 is 0.926 bits per heavy atom. The van der Waals surface area contributed by atoms with Gasteiger partial charge in [-0.3, -0.25) is 0 Å². The van der Waals surface area contributed by atoms with Crippen LogP contribution in [0.25, 0.3) is 0 Å². The molecule has 0 heterocycles. The van der Waals surface area contributed by atoms with E-state index in [0.29, 0.717) is 0 Å². The number of hydrogen-bond donors (Lipinski definition) is 0. The molecule has 0 aromatic heterocycles. The average molecular weight is 385 g/mol. The van der Waals surface area contributed by atoms with E-state index in [1.165, 1.54) is 44.9 Å². The van der Waals surface area contributed by atoms with Gasteiger partial charge >= 0.3 is 0 Å². The van der Waals surface area contributed by atoms with E-state index in [-0.39, 0.29) is 0 Å². The van der Waals surface area contributed by atoms with Crippen LogP contribution in [0.1, 0.15) is 135 Å². The van der Waals surface area contributed by atoms with Gasteiger partial charge in [-0.05, 0) is 41.4 Å². The molecule has 1 rings (SSSR count). The zero-order chi connectivity index (χ0) is 22.0. The van der Waals surface area contributed by atoms with Crippen molar-refractivity contribution in [3.63, 3.8) is 0 Å². The second kappa shape index (κ2) is 20.7. The summed E-state index contributed by atoms with van der Waals surface area (Å²) in [6, 6.07) is 0. The van der Waals surface area contributed by atoms with Crippen LogP contribution < -0.4 is 0 Å². The van der Waals surface area contributed by atoms with Gasteiger partial charge in [0.25, 0.3) is 0 Å². The molecule has 0 bridgehead atoms. The molecule has 27 heavy (non-hydrogen) atoms. The van der Waals surface area contributed by atoms with E-state index in [0.717, 1.165) is 41.4 Å². The van der Waals surface area contributed by atoms with E-state index in [1.807, 2.05) is 27.7 Å². The Labute approximate surface area is 176 Å². The van der Waals surface area contributed by atoms with Crippen molar-refractivity contribution in [3.8, 4) is 0 Å². The molecule has 5 atom stereocenters. The van der Waals surface area contributed by atoms with Crippen molar-refractivity contribution in [1.29, 1.82) is 0 Å². The SMILES string of the molecule is CC.CC.CC1CCC(C)CC1.CCCC(C)C(C)C(C)C(C)C(C)CC. The zero-order valence-corrected chi connectivity index (χ0v) is 22.0. The summed E-state index contributed by atoms with van der Waals surface area (Å²) in [4.78, 5) is 0. The third-order valence-electron chi connectivity index (χ3n) is 7.15. The Balaban J connectivity index is -0.000000400. The molecule has 0 heteroatoms. The quantitative estimate of drug-likeness (QED) is 0.409. The molecule has 1 aliphatic carbocycles. The fourth-order valence-electron chi connectivity index (χ4n) is 4.03. The highest BCUT2D eigenvalue weighted by atomic mass is 14.3. The summed E-state index contributed by atoms with van der Waals surface area (Å²) in [6.45, 7) is 29.5. The van der Waals surface area contributed by atoms with Gasteiger partial charge in [-0.25, -0.2) is 0 Å². The molecule has 0 amide bonds. The first-order chi connectivity index (χ1) is 12.7. The van der Waals surface area contributed by atoms with Crippen molar-refractivity contribution in [3.05, 3.63) is 0 Å². The largest absolute Gasteiger partial charge is 0.0683 e. The highest BCUT2D eigenvalue weighted by molar-refractivity contribution is 4.75. The summed E-state index contributed by atoms with van der Waals surface area (Å²) in [5.74, 6) is 6.39. The first-order valence-electron chi connectivity index (χ1n) is 12.7. The molecule has 0 aliphatic heterocycles. The van der Waals surface area contributed by atoms with Crippen LogP contribution >= 0.6 is 0 Å². The van der Waals surface area contributed by atoms with Crippen LogP contribution in [0.15, 0.2) is 0 Å². The fourth-order valence-corrected chi connectivity index (χ4v) is 4.03. The number of hydrogen-bond acceptors (Lipinski definition) is 0. The minimum Gasteiger partial charge on any atom is -0.0683 e. The lowest BCUT2D eigenvalue weighted by molar-refractivity contribution is 0.161. The molecular weight excluding hydrogens is 324 g/mol. The second-order valence-electron chi connectivity index (χ2n) is 9.09. The van der Waals surface area contributed by atoms with Crippen molar-refractivity contribution in [2.24, 2.45) is 41.4 Å². The van der Waals surface area contributed by atoms with Crippen molar-refractivity contribution >= 4 is 0 Å². The molecule has 0 aromatic rings. The van der Waals surface area contributed by atoms with Gasteiger partial charge in [0.1, 0.15) is 0 Å². The van der Waals surface area contributed by atoms with Gasteiger partial charge in [0.2, 0.25) is 0 Å². The molecule has 1 aliphatic rings. The lowest BCUT2D eigenvalue weighted by Crippen LogP contribution is -2.26.